The average Bonchev–Trinajstić information content (AvgIpc) is 2.09. The molecule has 1 aliphatic carbocycles. The molecule has 0 aromatic heterocycles. The number of carbonyl (C=O) groups is 2. The predicted molar refractivity (Wildman–Crippen MR) is 40.7 cm³/mol. The van der Waals surface area contributed by atoms with Crippen LogP contribution >= 0.6 is 0 Å². The molecule has 1 rings (SSSR count). The maximum atomic E-state index is 11.1. The third-order valence-corrected chi connectivity index (χ3v) is 2.14. The van der Waals surface area contributed by atoms with Gasteiger partial charge in [-0.1, -0.05) is 6.92 Å². The summed E-state index contributed by atoms with van der Waals surface area (Å²) in [5.74, 6) is 0.197. The lowest BCUT2D eigenvalue weighted by Crippen LogP contribution is -2.18. The number of amides is 1. The van der Waals surface area contributed by atoms with E-state index in [9.17, 15) is 9.59 Å². The Balaban J connectivity index is 2.47. The van der Waals surface area contributed by atoms with Gasteiger partial charge in [-0.2, -0.15) is 0 Å². The van der Waals surface area contributed by atoms with Gasteiger partial charge in [-0.25, -0.2) is 0 Å². The zero-order chi connectivity index (χ0) is 8.43. The quantitative estimate of drug-likeness (QED) is 0.630. The standard InChI is InChI=1S/C8H13NO2/c1-5-2-6(4-8(9)11)7(10)3-5/h5-6H,2-4H2,1H3,(H2,9,11). The van der Waals surface area contributed by atoms with Gasteiger partial charge in [0.05, 0.1) is 0 Å². The molecule has 1 amide bonds. The first kappa shape index (κ1) is 8.24. The number of nitrogens with two attached hydrogens (primary N) is 1. The lowest BCUT2D eigenvalue weighted by Gasteiger charge is -2.03. The Hall–Kier alpha value is -0.860. The van der Waals surface area contributed by atoms with Crippen LogP contribution in [0.5, 0.6) is 0 Å². The second kappa shape index (κ2) is 3.03. The van der Waals surface area contributed by atoms with Crippen LogP contribution in [0.25, 0.3) is 0 Å². The topological polar surface area (TPSA) is 60.2 Å². The van der Waals surface area contributed by atoms with E-state index in [2.05, 4.69) is 0 Å². The Bertz CT molecular complexity index is 189. The number of hydrogen-bond donors (Lipinski definition) is 1. The summed E-state index contributed by atoms with van der Waals surface area (Å²) in [7, 11) is 0. The van der Waals surface area contributed by atoms with Crippen LogP contribution in [-0.2, 0) is 9.59 Å². The van der Waals surface area contributed by atoms with E-state index in [0.717, 1.165) is 6.42 Å². The fourth-order valence-corrected chi connectivity index (χ4v) is 1.65. The molecule has 0 aliphatic heterocycles. The summed E-state index contributed by atoms with van der Waals surface area (Å²) in [5.41, 5.74) is 4.99. The van der Waals surface area contributed by atoms with Crippen LogP contribution in [0.4, 0.5) is 0 Å². The molecular formula is C8H13NO2. The van der Waals surface area contributed by atoms with Crippen molar-refractivity contribution in [3.63, 3.8) is 0 Å². The highest BCUT2D eigenvalue weighted by Crippen LogP contribution is 2.29. The molecule has 0 aromatic carbocycles. The van der Waals surface area contributed by atoms with Gasteiger partial charge in [0.25, 0.3) is 0 Å². The highest BCUT2D eigenvalue weighted by molar-refractivity contribution is 5.88. The molecule has 0 radical (unpaired) electrons. The molecule has 3 nitrogen and oxygen atoms in total. The fourth-order valence-electron chi connectivity index (χ4n) is 1.65. The summed E-state index contributed by atoms with van der Waals surface area (Å²) in [6.07, 6.45) is 1.70. The van der Waals surface area contributed by atoms with Crippen LogP contribution in [0.1, 0.15) is 26.2 Å². The SMILES string of the molecule is CC1CC(=O)C(CC(N)=O)C1. The summed E-state index contributed by atoms with van der Waals surface area (Å²) in [6, 6.07) is 0. The monoisotopic (exact) mass is 155 g/mol. The van der Waals surface area contributed by atoms with Gasteiger partial charge in [0.1, 0.15) is 5.78 Å². The highest BCUT2D eigenvalue weighted by Gasteiger charge is 2.30. The smallest absolute Gasteiger partial charge is 0.218 e. The second-order valence-electron chi connectivity index (χ2n) is 3.38. The van der Waals surface area contributed by atoms with Crippen LogP contribution in [0.2, 0.25) is 0 Å². The first-order valence-electron chi connectivity index (χ1n) is 3.90. The number of carbonyl (C=O) groups excluding carboxylic acids is 2. The Morgan fingerprint density at radius 3 is 2.73 bits per heavy atom. The van der Waals surface area contributed by atoms with Gasteiger partial charge in [0.2, 0.25) is 5.91 Å². The molecule has 0 bridgehead atoms. The second-order valence-corrected chi connectivity index (χ2v) is 3.38. The Morgan fingerprint density at radius 1 is 1.73 bits per heavy atom. The van der Waals surface area contributed by atoms with Crippen molar-refractivity contribution in [2.24, 2.45) is 17.6 Å². The van der Waals surface area contributed by atoms with Crippen LogP contribution in [0.15, 0.2) is 0 Å². The summed E-state index contributed by atoms with van der Waals surface area (Å²) in [5, 5.41) is 0. The lowest BCUT2D eigenvalue weighted by atomic mass is 10.0. The third-order valence-electron chi connectivity index (χ3n) is 2.14. The Kier molecular flexibility index (Phi) is 2.27. The summed E-state index contributed by atoms with van der Waals surface area (Å²) >= 11 is 0. The fraction of sp³-hybridized carbons (Fsp3) is 0.750. The van der Waals surface area contributed by atoms with Crippen molar-refractivity contribution in [1.29, 1.82) is 0 Å². The molecule has 2 atom stereocenters. The van der Waals surface area contributed by atoms with Crippen LogP contribution in [0.3, 0.4) is 0 Å². The van der Waals surface area contributed by atoms with Crippen LogP contribution in [0, 0.1) is 11.8 Å². The molecule has 0 heterocycles. The molecule has 2 N–H and O–H groups in total. The van der Waals surface area contributed by atoms with Crippen molar-refractivity contribution in [2.45, 2.75) is 26.2 Å². The lowest BCUT2D eigenvalue weighted by molar-refractivity contribution is -0.125. The maximum Gasteiger partial charge on any atom is 0.218 e. The minimum absolute atomic E-state index is 0.0810. The maximum absolute atomic E-state index is 11.1. The van der Waals surface area contributed by atoms with Crippen LogP contribution in [-0.4, -0.2) is 11.7 Å². The van der Waals surface area contributed by atoms with Gasteiger partial charge < -0.3 is 5.73 Å². The van der Waals surface area contributed by atoms with Crippen molar-refractivity contribution in [2.75, 3.05) is 0 Å². The first-order valence-corrected chi connectivity index (χ1v) is 3.90. The normalized spacial score (nSPS) is 30.8. The molecule has 1 saturated carbocycles. The minimum Gasteiger partial charge on any atom is -0.370 e. The molecule has 3 heteroatoms. The number of ketones is 1. The Labute approximate surface area is 66.0 Å². The van der Waals surface area contributed by atoms with E-state index in [-0.39, 0.29) is 24.0 Å². The van der Waals surface area contributed by atoms with E-state index in [4.69, 9.17) is 5.73 Å². The van der Waals surface area contributed by atoms with Gasteiger partial charge in [-0.15, -0.1) is 0 Å². The highest BCUT2D eigenvalue weighted by atomic mass is 16.1. The van der Waals surface area contributed by atoms with Crippen molar-refractivity contribution < 1.29 is 9.59 Å². The van der Waals surface area contributed by atoms with E-state index in [1.807, 2.05) is 6.92 Å². The van der Waals surface area contributed by atoms with Gasteiger partial charge >= 0.3 is 0 Å². The number of rotatable bonds is 2. The minimum atomic E-state index is -0.363. The summed E-state index contributed by atoms with van der Waals surface area (Å²) in [4.78, 5) is 21.6. The molecule has 1 aliphatic rings. The summed E-state index contributed by atoms with van der Waals surface area (Å²) < 4.78 is 0. The molecular weight excluding hydrogens is 142 g/mol. The molecule has 0 spiro atoms. The molecule has 11 heavy (non-hydrogen) atoms. The van der Waals surface area contributed by atoms with Crippen molar-refractivity contribution >= 4 is 11.7 Å². The Morgan fingerprint density at radius 2 is 2.36 bits per heavy atom. The van der Waals surface area contributed by atoms with E-state index >= 15 is 0 Å². The molecule has 2 unspecified atom stereocenters. The number of hydrogen-bond acceptors (Lipinski definition) is 2. The number of primary amides is 1. The van der Waals surface area contributed by atoms with E-state index in [0.29, 0.717) is 12.3 Å². The molecule has 1 fully saturated rings. The van der Waals surface area contributed by atoms with Crippen molar-refractivity contribution in [1.82, 2.24) is 0 Å². The predicted octanol–water partition coefficient (Wildman–Crippen LogP) is 0.477. The van der Waals surface area contributed by atoms with Crippen molar-refractivity contribution in [3.8, 4) is 0 Å². The van der Waals surface area contributed by atoms with Crippen molar-refractivity contribution in [3.05, 3.63) is 0 Å². The van der Waals surface area contributed by atoms with Gasteiger partial charge in [-0.3, -0.25) is 9.59 Å². The first-order chi connectivity index (χ1) is 5.09. The van der Waals surface area contributed by atoms with E-state index < -0.39 is 0 Å². The van der Waals surface area contributed by atoms with Gasteiger partial charge in [-0.05, 0) is 12.3 Å². The van der Waals surface area contributed by atoms with Gasteiger partial charge in [0.15, 0.2) is 0 Å². The van der Waals surface area contributed by atoms with E-state index in [1.165, 1.54) is 0 Å². The van der Waals surface area contributed by atoms with Gasteiger partial charge in [0, 0.05) is 18.8 Å². The van der Waals surface area contributed by atoms with E-state index in [1.54, 1.807) is 0 Å². The summed E-state index contributed by atoms with van der Waals surface area (Å²) in [6.45, 7) is 2.03. The third kappa shape index (κ3) is 2.03. The zero-order valence-corrected chi connectivity index (χ0v) is 6.67. The molecule has 62 valence electrons. The average molecular weight is 155 g/mol. The van der Waals surface area contributed by atoms with Crippen LogP contribution < -0.4 is 5.73 Å². The largest absolute Gasteiger partial charge is 0.370 e. The zero-order valence-electron chi connectivity index (χ0n) is 6.67. The number of Topliss-reactive ketones (excluding diaryl/α,β-unsaturated/α-hetero) is 1. The molecule has 0 aromatic rings. The molecule has 0 saturated heterocycles.